The lowest BCUT2D eigenvalue weighted by Crippen LogP contribution is -2.06. The lowest BCUT2D eigenvalue weighted by Gasteiger charge is -2.02. The van der Waals surface area contributed by atoms with Gasteiger partial charge in [0.1, 0.15) is 5.82 Å². The Morgan fingerprint density at radius 1 is 1.17 bits per heavy atom. The fourth-order valence-corrected chi connectivity index (χ4v) is 2.86. The molecule has 0 bridgehead atoms. The number of Topliss-reactive ketones (excluding diaryl/α,β-unsaturated/α-hetero) is 1. The molecule has 18 heavy (non-hydrogen) atoms. The maximum absolute atomic E-state index is 12.7. The van der Waals surface area contributed by atoms with E-state index in [4.69, 9.17) is 0 Å². The van der Waals surface area contributed by atoms with Crippen molar-refractivity contribution < 1.29 is 13.4 Å². The molecule has 0 radical (unpaired) electrons. The van der Waals surface area contributed by atoms with Gasteiger partial charge in [-0.15, -0.1) is 0 Å². The largest absolute Gasteiger partial charge is 0.294 e. The Hall–Kier alpha value is -1.03. The second kappa shape index (κ2) is 8.14. The third-order valence-corrected chi connectivity index (χ3v) is 4.16. The topological polar surface area (TPSA) is 34.1 Å². The van der Waals surface area contributed by atoms with Gasteiger partial charge in [-0.3, -0.25) is 9.00 Å². The molecule has 100 valence electrons. The van der Waals surface area contributed by atoms with Crippen molar-refractivity contribution in [3.8, 4) is 0 Å². The van der Waals surface area contributed by atoms with E-state index in [2.05, 4.69) is 6.92 Å². The summed E-state index contributed by atoms with van der Waals surface area (Å²) < 4.78 is 24.2. The molecule has 1 unspecified atom stereocenters. The predicted molar refractivity (Wildman–Crippen MR) is 72.7 cm³/mol. The smallest absolute Gasteiger partial charge is 0.162 e. The molecule has 0 fully saturated rings. The van der Waals surface area contributed by atoms with Crippen molar-refractivity contribution >= 4 is 16.6 Å². The van der Waals surface area contributed by atoms with E-state index in [0.717, 1.165) is 18.6 Å². The lowest BCUT2D eigenvalue weighted by molar-refractivity contribution is 0.0982. The molecule has 0 aromatic heterocycles. The van der Waals surface area contributed by atoms with Crippen molar-refractivity contribution in [2.75, 3.05) is 11.5 Å². The molecule has 0 saturated carbocycles. The van der Waals surface area contributed by atoms with Crippen LogP contribution in [-0.4, -0.2) is 21.5 Å². The number of carbonyl (C=O) groups excluding carboxylic acids is 1. The number of hydrogen-bond acceptors (Lipinski definition) is 2. The summed E-state index contributed by atoms with van der Waals surface area (Å²) in [4.78, 5) is 11.7. The van der Waals surface area contributed by atoms with Gasteiger partial charge in [-0.25, -0.2) is 4.39 Å². The molecule has 0 saturated heterocycles. The molecule has 0 aliphatic carbocycles. The second-order valence-electron chi connectivity index (χ2n) is 4.24. The van der Waals surface area contributed by atoms with Crippen LogP contribution in [0.15, 0.2) is 24.3 Å². The van der Waals surface area contributed by atoms with Gasteiger partial charge in [-0.05, 0) is 37.1 Å². The zero-order valence-electron chi connectivity index (χ0n) is 10.7. The molecule has 0 heterocycles. The van der Waals surface area contributed by atoms with Crippen LogP contribution in [0.25, 0.3) is 0 Å². The van der Waals surface area contributed by atoms with Crippen LogP contribution in [0.2, 0.25) is 0 Å². The quantitative estimate of drug-likeness (QED) is 0.679. The summed E-state index contributed by atoms with van der Waals surface area (Å²) >= 11 is 0. The number of benzene rings is 1. The van der Waals surface area contributed by atoms with Gasteiger partial charge in [0.05, 0.1) is 0 Å². The molecule has 1 aromatic carbocycles. The highest BCUT2D eigenvalue weighted by atomic mass is 32.2. The van der Waals surface area contributed by atoms with Crippen molar-refractivity contribution in [1.29, 1.82) is 0 Å². The molecular weight excluding hydrogens is 251 g/mol. The lowest BCUT2D eigenvalue weighted by atomic mass is 10.1. The van der Waals surface area contributed by atoms with Crippen molar-refractivity contribution in [2.45, 2.75) is 32.6 Å². The van der Waals surface area contributed by atoms with Gasteiger partial charge in [0.25, 0.3) is 0 Å². The highest BCUT2D eigenvalue weighted by molar-refractivity contribution is 7.84. The number of ketones is 1. The highest BCUT2D eigenvalue weighted by Gasteiger charge is 2.07. The van der Waals surface area contributed by atoms with Crippen molar-refractivity contribution in [3.05, 3.63) is 35.6 Å². The van der Waals surface area contributed by atoms with Gasteiger partial charge < -0.3 is 0 Å². The fraction of sp³-hybridized carbons (Fsp3) is 0.500. The van der Waals surface area contributed by atoms with E-state index in [0.29, 0.717) is 24.2 Å². The summed E-state index contributed by atoms with van der Waals surface area (Å²) in [5, 5.41) is 0. The average Bonchev–Trinajstić information content (AvgIpc) is 2.37. The number of hydrogen-bond donors (Lipinski definition) is 0. The molecule has 0 aliphatic heterocycles. The van der Waals surface area contributed by atoms with Crippen LogP contribution >= 0.6 is 0 Å². The first-order valence-electron chi connectivity index (χ1n) is 6.27. The molecule has 0 N–H and O–H groups in total. The van der Waals surface area contributed by atoms with Gasteiger partial charge >= 0.3 is 0 Å². The summed E-state index contributed by atoms with van der Waals surface area (Å²) in [5.74, 6) is 0.948. The van der Waals surface area contributed by atoms with Crippen LogP contribution in [0.1, 0.15) is 43.0 Å². The number of unbranched alkanes of at least 4 members (excludes halogenated alkanes) is 1. The monoisotopic (exact) mass is 270 g/mol. The van der Waals surface area contributed by atoms with E-state index in [-0.39, 0.29) is 11.6 Å². The molecule has 0 amide bonds. The molecule has 1 atom stereocenters. The van der Waals surface area contributed by atoms with Crippen LogP contribution in [0.3, 0.4) is 0 Å². The van der Waals surface area contributed by atoms with Crippen LogP contribution in [0, 0.1) is 5.82 Å². The summed E-state index contributed by atoms with van der Waals surface area (Å²) in [6.07, 6.45) is 3.02. The number of rotatable bonds is 8. The Balaban J connectivity index is 2.29. The van der Waals surface area contributed by atoms with Gasteiger partial charge in [0.15, 0.2) is 5.78 Å². The standard InChI is InChI=1S/C14H19FO2S/c1-2-3-10-18(17)11-4-5-14(16)12-6-8-13(15)9-7-12/h6-9H,2-5,10-11H2,1H3. The Labute approximate surface area is 110 Å². The van der Waals surface area contributed by atoms with E-state index in [1.807, 2.05) is 0 Å². The summed E-state index contributed by atoms with van der Waals surface area (Å²) in [7, 11) is -0.809. The zero-order chi connectivity index (χ0) is 13.4. The summed E-state index contributed by atoms with van der Waals surface area (Å²) in [5.41, 5.74) is 0.524. The Morgan fingerprint density at radius 3 is 2.39 bits per heavy atom. The molecule has 2 nitrogen and oxygen atoms in total. The Kier molecular flexibility index (Phi) is 6.80. The Morgan fingerprint density at radius 2 is 1.78 bits per heavy atom. The molecule has 1 rings (SSSR count). The van der Waals surface area contributed by atoms with Crippen LogP contribution in [0.5, 0.6) is 0 Å². The van der Waals surface area contributed by atoms with Crippen molar-refractivity contribution in [2.24, 2.45) is 0 Å². The van der Waals surface area contributed by atoms with Gasteiger partial charge in [-0.1, -0.05) is 13.3 Å². The Bertz CT molecular complexity index is 401. The second-order valence-corrected chi connectivity index (χ2v) is 5.93. The minimum Gasteiger partial charge on any atom is -0.294 e. The number of halogens is 1. The third-order valence-electron chi connectivity index (χ3n) is 2.67. The number of carbonyl (C=O) groups is 1. The molecular formula is C14H19FO2S. The first-order chi connectivity index (χ1) is 8.63. The van der Waals surface area contributed by atoms with E-state index in [1.54, 1.807) is 0 Å². The van der Waals surface area contributed by atoms with Gasteiger partial charge in [0, 0.05) is 34.3 Å². The molecule has 0 spiro atoms. The predicted octanol–water partition coefficient (Wildman–Crippen LogP) is 3.34. The van der Waals surface area contributed by atoms with E-state index in [9.17, 15) is 13.4 Å². The van der Waals surface area contributed by atoms with Crippen LogP contribution in [-0.2, 0) is 10.8 Å². The first kappa shape index (κ1) is 15.0. The maximum Gasteiger partial charge on any atom is 0.162 e. The van der Waals surface area contributed by atoms with E-state index >= 15 is 0 Å². The van der Waals surface area contributed by atoms with Crippen molar-refractivity contribution in [3.63, 3.8) is 0 Å². The van der Waals surface area contributed by atoms with Crippen LogP contribution in [0.4, 0.5) is 4.39 Å². The maximum atomic E-state index is 12.7. The highest BCUT2D eigenvalue weighted by Crippen LogP contribution is 2.08. The summed E-state index contributed by atoms with van der Waals surface area (Å²) in [6.45, 7) is 2.06. The SMILES string of the molecule is CCCCS(=O)CCCC(=O)c1ccc(F)cc1. The first-order valence-corrected chi connectivity index (χ1v) is 7.76. The van der Waals surface area contributed by atoms with Crippen molar-refractivity contribution in [1.82, 2.24) is 0 Å². The summed E-state index contributed by atoms with van der Waals surface area (Å²) in [6, 6.07) is 5.55. The van der Waals surface area contributed by atoms with E-state index < -0.39 is 10.8 Å². The molecule has 1 aromatic rings. The van der Waals surface area contributed by atoms with E-state index in [1.165, 1.54) is 24.3 Å². The fourth-order valence-electron chi connectivity index (χ4n) is 1.58. The minimum absolute atomic E-state index is 0.0116. The normalized spacial score (nSPS) is 12.3. The average molecular weight is 270 g/mol. The van der Waals surface area contributed by atoms with Gasteiger partial charge in [0.2, 0.25) is 0 Å². The van der Waals surface area contributed by atoms with Gasteiger partial charge in [-0.2, -0.15) is 0 Å². The molecule has 4 heteroatoms. The van der Waals surface area contributed by atoms with Crippen LogP contribution < -0.4 is 0 Å². The minimum atomic E-state index is -0.809. The molecule has 0 aliphatic rings. The third kappa shape index (κ3) is 5.54. The zero-order valence-corrected chi connectivity index (χ0v) is 11.5.